The number of nitrogens with zero attached hydrogens (tertiary/aromatic N) is 1. The standard InChI is InChI=1S/C21H39N.H2O/c1-2-3-4-5-6-7-8-9-10-11-12-13-14-16-19-22-20-17-15-18-21-22;/h15,17-18,20H,2-14,16,19,21H2,1H3;1H2. The van der Waals surface area contributed by atoms with Crippen LogP contribution in [0.1, 0.15) is 96.8 Å². The highest BCUT2D eigenvalue weighted by atomic mass is 16.0. The summed E-state index contributed by atoms with van der Waals surface area (Å²) >= 11 is 0. The Kier molecular flexibility index (Phi) is 17.0. The monoisotopic (exact) mass is 323 g/mol. The van der Waals surface area contributed by atoms with Crippen LogP contribution in [0.3, 0.4) is 0 Å². The molecule has 1 aliphatic rings. The van der Waals surface area contributed by atoms with Gasteiger partial charge in [0.15, 0.2) is 0 Å². The average molecular weight is 324 g/mol. The van der Waals surface area contributed by atoms with Gasteiger partial charge >= 0.3 is 0 Å². The van der Waals surface area contributed by atoms with Gasteiger partial charge in [-0.2, -0.15) is 0 Å². The van der Waals surface area contributed by atoms with Gasteiger partial charge in [-0.1, -0.05) is 103 Å². The third-order valence-corrected chi connectivity index (χ3v) is 4.68. The third-order valence-electron chi connectivity index (χ3n) is 4.68. The van der Waals surface area contributed by atoms with Crippen molar-refractivity contribution < 1.29 is 5.48 Å². The molecule has 2 nitrogen and oxygen atoms in total. The highest BCUT2D eigenvalue weighted by Gasteiger charge is 1.99. The maximum atomic E-state index is 2.42. The second-order valence-electron chi connectivity index (χ2n) is 6.86. The maximum Gasteiger partial charge on any atom is 0.0357 e. The Bertz CT molecular complexity index is 286. The van der Waals surface area contributed by atoms with Crippen molar-refractivity contribution in [3.05, 3.63) is 24.4 Å². The van der Waals surface area contributed by atoms with Gasteiger partial charge in [-0.05, 0) is 18.7 Å². The summed E-state index contributed by atoms with van der Waals surface area (Å²) in [5, 5.41) is 0. The molecule has 0 radical (unpaired) electrons. The fourth-order valence-corrected chi connectivity index (χ4v) is 3.18. The molecular weight excluding hydrogens is 282 g/mol. The van der Waals surface area contributed by atoms with E-state index in [-0.39, 0.29) is 5.48 Å². The Hall–Kier alpha value is -0.760. The van der Waals surface area contributed by atoms with E-state index in [1.54, 1.807) is 0 Å². The zero-order valence-electron chi connectivity index (χ0n) is 15.6. The number of hydrogen-bond donors (Lipinski definition) is 0. The quantitative estimate of drug-likeness (QED) is 0.339. The van der Waals surface area contributed by atoms with Gasteiger partial charge in [-0.15, -0.1) is 0 Å². The number of unbranched alkanes of at least 4 members (excludes halogenated alkanes) is 13. The first-order valence-electron chi connectivity index (χ1n) is 10.0. The lowest BCUT2D eigenvalue weighted by atomic mass is 10.0. The van der Waals surface area contributed by atoms with E-state index in [0.29, 0.717) is 0 Å². The van der Waals surface area contributed by atoms with Crippen LogP contribution in [0, 0.1) is 0 Å². The fraction of sp³-hybridized carbons (Fsp3) is 0.810. The molecule has 0 atom stereocenters. The van der Waals surface area contributed by atoms with Crippen molar-refractivity contribution in [2.45, 2.75) is 96.8 Å². The molecule has 1 heterocycles. The van der Waals surface area contributed by atoms with Gasteiger partial charge in [0.25, 0.3) is 0 Å². The molecule has 0 bridgehead atoms. The van der Waals surface area contributed by atoms with Crippen molar-refractivity contribution >= 4 is 0 Å². The molecule has 0 saturated heterocycles. The van der Waals surface area contributed by atoms with Gasteiger partial charge < -0.3 is 10.4 Å². The van der Waals surface area contributed by atoms with E-state index in [9.17, 15) is 0 Å². The molecule has 1 aliphatic heterocycles. The second-order valence-corrected chi connectivity index (χ2v) is 6.86. The first-order valence-corrected chi connectivity index (χ1v) is 10.0. The van der Waals surface area contributed by atoms with E-state index in [4.69, 9.17) is 0 Å². The first kappa shape index (κ1) is 22.2. The van der Waals surface area contributed by atoms with Gasteiger partial charge in [0.05, 0.1) is 0 Å². The molecule has 0 fully saturated rings. The Morgan fingerprint density at radius 3 is 1.57 bits per heavy atom. The summed E-state index contributed by atoms with van der Waals surface area (Å²) in [7, 11) is 0. The molecule has 0 aromatic rings. The minimum absolute atomic E-state index is 0. The molecule has 0 aliphatic carbocycles. The van der Waals surface area contributed by atoms with Gasteiger partial charge in [0.1, 0.15) is 0 Å². The summed E-state index contributed by atoms with van der Waals surface area (Å²) in [6, 6.07) is 0. The Labute approximate surface area is 145 Å². The highest BCUT2D eigenvalue weighted by Crippen LogP contribution is 2.13. The average Bonchev–Trinajstić information content (AvgIpc) is 2.56. The van der Waals surface area contributed by atoms with Crippen molar-refractivity contribution in [1.82, 2.24) is 4.90 Å². The molecule has 0 saturated carbocycles. The minimum atomic E-state index is 0. The number of allylic oxidation sites excluding steroid dienone is 2. The summed E-state index contributed by atoms with van der Waals surface area (Å²) in [5.74, 6) is 0. The van der Waals surface area contributed by atoms with E-state index < -0.39 is 0 Å². The van der Waals surface area contributed by atoms with Crippen molar-refractivity contribution in [1.29, 1.82) is 0 Å². The lowest BCUT2D eigenvalue weighted by molar-refractivity contribution is 0.392. The van der Waals surface area contributed by atoms with Gasteiger partial charge in [-0.3, -0.25) is 0 Å². The van der Waals surface area contributed by atoms with Crippen LogP contribution < -0.4 is 0 Å². The van der Waals surface area contributed by atoms with E-state index in [2.05, 4.69) is 36.3 Å². The van der Waals surface area contributed by atoms with Crippen molar-refractivity contribution in [3.63, 3.8) is 0 Å². The smallest absolute Gasteiger partial charge is 0.0357 e. The van der Waals surface area contributed by atoms with Crippen LogP contribution in [0.25, 0.3) is 0 Å². The molecule has 23 heavy (non-hydrogen) atoms. The van der Waals surface area contributed by atoms with Crippen LogP contribution in [0.15, 0.2) is 24.4 Å². The third kappa shape index (κ3) is 14.6. The first-order chi connectivity index (χ1) is 10.9. The van der Waals surface area contributed by atoms with Gasteiger partial charge in [-0.25, -0.2) is 0 Å². The topological polar surface area (TPSA) is 34.7 Å². The molecule has 1 rings (SSSR count). The molecule has 2 N–H and O–H groups in total. The molecule has 2 heteroatoms. The Morgan fingerprint density at radius 2 is 1.13 bits per heavy atom. The zero-order valence-corrected chi connectivity index (χ0v) is 15.6. The van der Waals surface area contributed by atoms with Crippen LogP contribution >= 0.6 is 0 Å². The van der Waals surface area contributed by atoms with Crippen LogP contribution in [0.2, 0.25) is 0 Å². The van der Waals surface area contributed by atoms with Crippen LogP contribution in [0.5, 0.6) is 0 Å². The normalized spacial score (nSPS) is 13.3. The zero-order chi connectivity index (χ0) is 15.7. The fourth-order valence-electron chi connectivity index (χ4n) is 3.18. The van der Waals surface area contributed by atoms with Gasteiger partial charge in [0, 0.05) is 13.1 Å². The summed E-state index contributed by atoms with van der Waals surface area (Å²) in [6.45, 7) is 4.63. The largest absolute Gasteiger partial charge is 0.412 e. The van der Waals surface area contributed by atoms with E-state index in [0.717, 1.165) is 6.54 Å². The van der Waals surface area contributed by atoms with Gasteiger partial charge in [0.2, 0.25) is 0 Å². The lowest BCUT2D eigenvalue weighted by Gasteiger charge is -2.20. The molecular formula is C21H41NO. The maximum absolute atomic E-state index is 2.42. The summed E-state index contributed by atoms with van der Waals surface area (Å²) in [6.07, 6.45) is 28.9. The predicted octanol–water partition coefficient (Wildman–Crippen LogP) is 6.03. The number of hydrogen-bond acceptors (Lipinski definition) is 1. The lowest BCUT2D eigenvalue weighted by Crippen LogP contribution is -2.19. The molecule has 0 aromatic heterocycles. The summed E-state index contributed by atoms with van der Waals surface area (Å²) < 4.78 is 0. The van der Waals surface area contributed by atoms with Crippen molar-refractivity contribution in [2.24, 2.45) is 0 Å². The van der Waals surface area contributed by atoms with Crippen molar-refractivity contribution in [3.8, 4) is 0 Å². The van der Waals surface area contributed by atoms with E-state index >= 15 is 0 Å². The minimum Gasteiger partial charge on any atom is -0.412 e. The Morgan fingerprint density at radius 1 is 0.652 bits per heavy atom. The van der Waals surface area contributed by atoms with Crippen LogP contribution in [-0.2, 0) is 0 Å². The number of rotatable bonds is 15. The molecule has 0 unspecified atom stereocenters. The van der Waals surface area contributed by atoms with E-state index in [1.807, 2.05) is 0 Å². The van der Waals surface area contributed by atoms with E-state index in [1.165, 1.54) is 96.4 Å². The highest BCUT2D eigenvalue weighted by molar-refractivity contribution is 5.08. The van der Waals surface area contributed by atoms with Crippen LogP contribution in [-0.4, -0.2) is 23.5 Å². The second kappa shape index (κ2) is 17.6. The summed E-state index contributed by atoms with van der Waals surface area (Å²) in [4.78, 5) is 2.42. The van der Waals surface area contributed by atoms with Crippen molar-refractivity contribution in [2.75, 3.05) is 13.1 Å². The molecule has 136 valence electrons. The Balaban J connectivity index is 0.00000484. The molecule has 0 aromatic carbocycles. The predicted molar refractivity (Wildman–Crippen MR) is 104 cm³/mol. The van der Waals surface area contributed by atoms with Crippen LogP contribution in [0.4, 0.5) is 0 Å². The summed E-state index contributed by atoms with van der Waals surface area (Å²) in [5.41, 5.74) is 0. The SMILES string of the molecule is CCCCCCCCCCCCCCCCN1C=CC=CC1.O. The molecule has 0 spiro atoms. The molecule has 0 amide bonds.